The fourth-order valence-electron chi connectivity index (χ4n) is 3.11. The van der Waals surface area contributed by atoms with E-state index in [0.717, 1.165) is 16.5 Å². The number of aromatic nitrogens is 3. The second-order valence-corrected chi connectivity index (χ2v) is 6.76. The Kier molecular flexibility index (Phi) is 5.13. The van der Waals surface area contributed by atoms with Crippen molar-refractivity contribution in [3.63, 3.8) is 0 Å². The molecule has 0 aliphatic carbocycles. The Labute approximate surface area is 172 Å². The number of fused-ring (bicyclic) bond motifs is 1. The predicted molar refractivity (Wildman–Crippen MR) is 116 cm³/mol. The number of aromatic amines is 1. The quantitative estimate of drug-likeness (QED) is 0.354. The van der Waals surface area contributed by atoms with Gasteiger partial charge >= 0.3 is 0 Å². The summed E-state index contributed by atoms with van der Waals surface area (Å²) < 4.78 is 1.51. The molecule has 0 radical (unpaired) electrons. The number of hydrogen-bond acceptors (Lipinski definition) is 4. The summed E-state index contributed by atoms with van der Waals surface area (Å²) >= 11 is 0. The molecule has 150 valence electrons. The van der Waals surface area contributed by atoms with E-state index in [1.807, 2.05) is 36.4 Å². The van der Waals surface area contributed by atoms with E-state index in [9.17, 15) is 9.59 Å². The second-order valence-electron chi connectivity index (χ2n) is 6.76. The highest BCUT2D eigenvalue weighted by Gasteiger charge is 2.12. The molecular formula is C22H20N6O2. The Bertz CT molecular complexity index is 1250. The van der Waals surface area contributed by atoms with Crippen molar-refractivity contribution in [1.82, 2.24) is 20.2 Å². The van der Waals surface area contributed by atoms with Gasteiger partial charge in [0.25, 0.3) is 11.8 Å². The van der Waals surface area contributed by atoms with Gasteiger partial charge in [-0.3, -0.25) is 14.3 Å². The van der Waals surface area contributed by atoms with Crippen LogP contribution in [0, 0.1) is 0 Å². The molecule has 4 aromatic rings. The van der Waals surface area contributed by atoms with Crippen molar-refractivity contribution in [3.05, 3.63) is 83.8 Å². The Morgan fingerprint density at radius 2 is 1.80 bits per heavy atom. The van der Waals surface area contributed by atoms with Crippen molar-refractivity contribution in [1.29, 1.82) is 0 Å². The van der Waals surface area contributed by atoms with Crippen molar-refractivity contribution < 1.29 is 9.59 Å². The van der Waals surface area contributed by atoms with Crippen molar-refractivity contribution in [2.24, 2.45) is 12.1 Å². The molecule has 8 nitrogen and oxygen atoms in total. The van der Waals surface area contributed by atoms with E-state index in [-0.39, 0.29) is 11.8 Å². The first kappa shape index (κ1) is 19.1. The van der Waals surface area contributed by atoms with Crippen LogP contribution in [0.2, 0.25) is 0 Å². The van der Waals surface area contributed by atoms with Gasteiger partial charge in [-0.2, -0.15) is 10.2 Å². The minimum Gasteiger partial charge on any atom is -0.360 e. The van der Waals surface area contributed by atoms with Gasteiger partial charge in [0.05, 0.1) is 11.3 Å². The van der Waals surface area contributed by atoms with E-state index in [0.29, 0.717) is 22.7 Å². The Balaban J connectivity index is 1.42. The lowest BCUT2D eigenvalue weighted by molar-refractivity contribution is 0.0955. The van der Waals surface area contributed by atoms with Crippen LogP contribution < -0.4 is 10.7 Å². The zero-order valence-corrected chi connectivity index (χ0v) is 16.5. The van der Waals surface area contributed by atoms with Crippen molar-refractivity contribution in [2.45, 2.75) is 6.92 Å². The van der Waals surface area contributed by atoms with Gasteiger partial charge in [-0.25, -0.2) is 5.43 Å². The van der Waals surface area contributed by atoms with Gasteiger partial charge in [-0.15, -0.1) is 0 Å². The van der Waals surface area contributed by atoms with Crippen LogP contribution in [0.5, 0.6) is 0 Å². The Morgan fingerprint density at radius 1 is 1.03 bits per heavy atom. The topological polar surface area (TPSA) is 104 Å². The van der Waals surface area contributed by atoms with Crippen LogP contribution in [0.3, 0.4) is 0 Å². The number of hydrogen-bond donors (Lipinski definition) is 3. The zero-order valence-electron chi connectivity index (χ0n) is 16.5. The lowest BCUT2D eigenvalue weighted by Crippen LogP contribution is -2.19. The maximum absolute atomic E-state index is 12.5. The van der Waals surface area contributed by atoms with E-state index < -0.39 is 0 Å². The molecule has 2 heterocycles. The fourth-order valence-corrected chi connectivity index (χ4v) is 3.11. The molecule has 0 aliphatic heterocycles. The van der Waals surface area contributed by atoms with Crippen molar-refractivity contribution in [2.75, 3.05) is 5.32 Å². The number of anilines is 1. The second kappa shape index (κ2) is 8.04. The van der Waals surface area contributed by atoms with Crippen LogP contribution in [0.25, 0.3) is 10.9 Å². The molecule has 4 rings (SSSR count). The van der Waals surface area contributed by atoms with Crippen LogP contribution in [0.4, 0.5) is 5.69 Å². The highest BCUT2D eigenvalue weighted by molar-refractivity contribution is 6.08. The molecule has 0 bridgehead atoms. The molecule has 3 N–H and O–H groups in total. The minimum atomic E-state index is -0.285. The summed E-state index contributed by atoms with van der Waals surface area (Å²) in [5, 5.41) is 11.9. The molecular weight excluding hydrogens is 380 g/mol. The number of rotatable bonds is 5. The summed E-state index contributed by atoms with van der Waals surface area (Å²) in [5.74, 6) is -0.522. The van der Waals surface area contributed by atoms with E-state index in [1.165, 1.54) is 4.68 Å². The molecule has 2 aromatic heterocycles. The first-order chi connectivity index (χ1) is 14.5. The highest BCUT2D eigenvalue weighted by atomic mass is 16.2. The van der Waals surface area contributed by atoms with Gasteiger partial charge in [0, 0.05) is 36.0 Å². The highest BCUT2D eigenvalue weighted by Crippen LogP contribution is 2.17. The average molecular weight is 400 g/mol. The summed E-state index contributed by atoms with van der Waals surface area (Å²) in [4.78, 5) is 27.8. The summed E-state index contributed by atoms with van der Waals surface area (Å²) in [6.07, 6.45) is 3.24. The number of hydrazone groups is 1. The molecule has 30 heavy (non-hydrogen) atoms. The number of carbonyl (C=O) groups is 2. The summed E-state index contributed by atoms with van der Waals surface area (Å²) in [5.41, 5.74) is 6.62. The van der Waals surface area contributed by atoms with Crippen LogP contribution in [0.15, 0.2) is 72.1 Å². The largest absolute Gasteiger partial charge is 0.360 e. The molecule has 0 unspecified atom stereocenters. The number of amides is 2. The number of para-hydroxylation sites is 1. The zero-order chi connectivity index (χ0) is 21.1. The number of H-pyrrole nitrogens is 1. The first-order valence-electron chi connectivity index (χ1n) is 9.33. The van der Waals surface area contributed by atoms with E-state index >= 15 is 0 Å². The fraction of sp³-hybridized carbons (Fsp3) is 0.0909. The van der Waals surface area contributed by atoms with Crippen LogP contribution in [-0.4, -0.2) is 32.3 Å². The van der Waals surface area contributed by atoms with Gasteiger partial charge in [-0.05, 0) is 36.8 Å². The van der Waals surface area contributed by atoms with Crippen LogP contribution in [0.1, 0.15) is 33.3 Å². The third kappa shape index (κ3) is 3.83. The van der Waals surface area contributed by atoms with Crippen molar-refractivity contribution in [3.8, 4) is 0 Å². The molecule has 0 spiro atoms. The number of aryl methyl sites for hydroxylation is 1. The molecule has 0 aliphatic rings. The maximum Gasteiger partial charge on any atom is 0.273 e. The normalized spacial score (nSPS) is 11.5. The van der Waals surface area contributed by atoms with Gasteiger partial charge in [0.1, 0.15) is 5.69 Å². The van der Waals surface area contributed by atoms with Gasteiger partial charge in [-0.1, -0.05) is 30.3 Å². The number of carbonyl (C=O) groups excluding carboxylic acids is 2. The third-order valence-corrected chi connectivity index (χ3v) is 4.77. The van der Waals surface area contributed by atoms with E-state index in [2.05, 4.69) is 25.9 Å². The van der Waals surface area contributed by atoms with Crippen LogP contribution >= 0.6 is 0 Å². The summed E-state index contributed by atoms with van der Waals surface area (Å²) in [6, 6.07) is 16.5. The molecule has 2 aromatic carbocycles. The SMILES string of the molecule is C/C(=N/NC(=O)c1c[nH]c2ccccc12)c1ccc(NC(=O)c2ccnn2C)cc1. The third-order valence-electron chi connectivity index (χ3n) is 4.77. The molecule has 0 saturated carbocycles. The molecule has 0 fully saturated rings. The van der Waals surface area contributed by atoms with Gasteiger partial charge in [0.2, 0.25) is 0 Å². The first-order valence-corrected chi connectivity index (χ1v) is 9.33. The lowest BCUT2D eigenvalue weighted by atomic mass is 10.1. The van der Waals surface area contributed by atoms with Gasteiger partial charge < -0.3 is 10.3 Å². The minimum absolute atomic E-state index is 0.237. The number of benzene rings is 2. The summed E-state index contributed by atoms with van der Waals surface area (Å²) in [6.45, 7) is 1.80. The molecule has 0 atom stereocenters. The maximum atomic E-state index is 12.5. The monoisotopic (exact) mass is 400 g/mol. The molecule has 2 amide bonds. The smallest absolute Gasteiger partial charge is 0.273 e. The molecule has 8 heteroatoms. The predicted octanol–water partition coefficient (Wildman–Crippen LogP) is 3.31. The van der Waals surface area contributed by atoms with E-state index in [1.54, 1.807) is 44.6 Å². The number of nitrogens with one attached hydrogen (secondary N) is 3. The van der Waals surface area contributed by atoms with Crippen molar-refractivity contribution >= 4 is 34.1 Å². The standard InChI is InChI=1S/C22H20N6O2/c1-14(26-27-21(29)18-13-23-19-6-4-3-5-17(18)19)15-7-9-16(10-8-15)25-22(30)20-11-12-24-28(20)2/h3-13,23H,1-2H3,(H,25,30)(H,27,29)/b26-14-. The average Bonchev–Trinajstić information content (AvgIpc) is 3.38. The van der Waals surface area contributed by atoms with Crippen LogP contribution in [-0.2, 0) is 7.05 Å². The summed E-state index contributed by atoms with van der Waals surface area (Å²) in [7, 11) is 1.71. The Morgan fingerprint density at radius 3 is 2.53 bits per heavy atom. The number of nitrogens with zero attached hydrogens (tertiary/aromatic N) is 3. The molecule has 0 saturated heterocycles. The lowest BCUT2D eigenvalue weighted by Gasteiger charge is -2.07. The van der Waals surface area contributed by atoms with E-state index in [4.69, 9.17) is 0 Å². The van der Waals surface area contributed by atoms with Gasteiger partial charge in [0.15, 0.2) is 0 Å². The Hall–Kier alpha value is -4.20.